The molecule has 2 heterocycles. The molecular formula is C20H17N3O3. The monoisotopic (exact) mass is 347 g/mol. The van der Waals surface area contributed by atoms with Gasteiger partial charge in [-0.15, -0.1) is 10.2 Å². The molecule has 0 aliphatic carbocycles. The Labute approximate surface area is 150 Å². The number of rotatable bonds is 5. The third kappa shape index (κ3) is 3.21. The van der Waals surface area contributed by atoms with Crippen molar-refractivity contribution >= 4 is 16.9 Å². The number of carbonyl (C=O) groups is 1. The predicted molar refractivity (Wildman–Crippen MR) is 96.2 cm³/mol. The number of ether oxygens (including phenoxy) is 1. The van der Waals surface area contributed by atoms with E-state index in [4.69, 9.17) is 9.15 Å². The van der Waals surface area contributed by atoms with Crippen LogP contribution in [0.3, 0.4) is 0 Å². The number of aryl methyl sites for hydroxylation is 1. The van der Waals surface area contributed by atoms with Gasteiger partial charge in [0.05, 0.1) is 0 Å². The molecule has 2 aromatic carbocycles. The topological polar surface area (TPSA) is 70.2 Å². The summed E-state index contributed by atoms with van der Waals surface area (Å²) in [5.41, 5.74) is 3.00. The van der Waals surface area contributed by atoms with E-state index in [1.807, 2.05) is 59.2 Å². The van der Waals surface area contributed by atoms with E-state index in [1.54, 1.807) is 6.92 Å². The second-order valence-corrected chi connectivity index (χ2v) is 5.92. The first kappa shape index (κ1) is 16.1. The molecule has 0 atom stereocenters. The fourth-order valence-corrected chi connectivity index (χ4v) is 2.94. The van der Waals surface area contributed by atoms with Gasteiger partial charge in [0, 0.05) is 23.5 Å². The summed E-state index contributed by atoms with van der Waals surface area (Å²) in [5.74, 6) is 0.370. The maximum atomic E-state index is 12.4. The van der Waals surface area contributed by atoms with E-state index in [2.05, 4.69) is 16.3 Å². The van der Waals surface area contributed by atoms with Gasteiger partial charge in [-0.05, 0) is 17.7 Å². The van der Waals surface area contributed by atoms with Crippen LogP contribution in [0.25, 0.3) is 22.2 Å². The fourth-order valence-electron chi connectivity index (χ4n) is 2.94. The molecule has 0 N–H and O–H groups in total. The number of nitrogens with zero attached hydrogens (tertiary/aromatic N) is 3. The molecule has 130 valence electrons. The second-order valence-electron chi connectivity index (χ2n) is 5.92. The lowest BCUT2D eigenvalue weighted by Gasteiger charge is -2.10. The Balaban J connectivity index is 1.61. The van der Waals surface area contributed by atoms with E-state index in [1.165, 1.54) is 0 Å². The maximum Gasteiger partial charge on any atom is 0.326 e. The van der Waals surface area contributed by atoms with Crippen LogP contribution in [-0.4, -0.2) is 20.7 Å². The molecule has 6 nitrogen and oxygen atoms in total. The summed E-state index contributed by atoms with van der Waals surface area (Å²) < 4.78 is 12.5. The molecule has 4 rings (SSSR count). The summed E-state index contributed by atoms with van der Waals surface area (Å²) in [4.78, 5) is 12.4. The van der Waals surface area contributed by atoms with Crippen molar-refractivity contribution in [1.29, 1.82) is 0 Å². The van der Waals surface area contributed by atoms with Gasteiger partial charge in [0.2, 0.25) is 5.89 Å². The summed E-state index contributed by atoms with van der Waals surface area (Å²) in [7, 11) is 0. The lowest BCUT2D eigenvalue weighted by Crippen LogP contribution is -2.14. The van der Waals surface area contributed by atoms with Crippen LogP contribution < -0.4 is 0 Å². The molecule has 2 aromatic heterocycles. The third-order valence-corrected chi connectivity index (χ3v) is 4.09. The number of carbonyl (C=O) groups excluding carboxylic acids is 1. The SMILES string of the molecule is Cc1nnc(COC(=O)Cn2c(-c3ccccc3)cc3ccccc32)o1. The van der Waals surface area contributed by atoms with Gasteiger partial charge < -0.3 is 13.7 Å². The van der Waals surface area contributed by atoms with Gasteiger partial charge in [0.1, 0.15) is 6.54 Å². The summed E-state index contributed by atoms with van der Waals surface area (Å²) in [6.45, 7) is 1.76. The molecule has 4 aromatic rings. The number of esters is 1. The fraction of sp³-hybridized carbons (Fsp3) is 0.150. The highest BCUT2D eigenvalue weighted by molar-refractivity contribution is 5.88. The van der Waals surface area contributed by atoms with Crippen molar-refractivity contribution in [1.82, 2.24) is 14.8 Å². The first-order valence-corrected chi connectivity index (χ1v) is 8.29. The number of fused-ring (bicyclic) bond motifs is 1. The maximum absolute atomic E-state index is 12.4. The molecule has 0 saturated carbocycles. The van der Waals surface area contributed by atoms with Crippen LogP contribution in [0.15, 0.2) is 65.1 Å². The van der Waals surface area contributed by atoms with E-state index in [9.17, 15) is 4.79 Å². The Kier molecular flexibility index (Phi) is 4.23. The number of aromatic nitrogens is 3. The molecule has 0 unspecified atom stereocenters. The minimum Gasteiger partial charge on any atom is -0.454 e. The van der Waals surface area contributed by atoms with Crippen LogP contribution in [0.5, 0.6) is 0 Å². The highest BCUT2D eigenvalue weighted by Crippen LogP contribution is 2.28. The van der Waals surface area contributed by atoms with Crippen molar-refractivity contribution < 1.29 is 13.9 Å². The second kappa shape index (κ2) is 6.84. The molecular weight excluding hydrogens is 330 g/mol. The summed E-state index contributed by atoms with van der Waals surface area (Å²) in [5, 5.41) is 8.63. The van der Waals surface area contributed by atoms with Crippen molar-refractivity contribution in [3.63, 3.8) is 0 Å². The molecule has 0 fully saturated rings. The molecule has 0 radical (unpaired) electrons. The van der Waals surface area contributed by atoms with Gasteiger partial charge in [-0.25, -0.2) is 0 Å². The number of hydrogen-bond donors (Lipinski definition) is 0. The van der Waals surface area contributed by atoms with Gasteiger partial charge in [-0.3, -0.25) is 4.79 Å². The van der Waals surface area contributed by atoms with E-state index >= 15 is 0 Å². The molecule has 6 heteroatoms. The Morgan fingerprint density at radius 1 is 1.08 bits per heavy atom. The van der Waals surface area contributed by atoms with Crippen LogP contribution in [0.2, 0.25) is 0 Å². The van der Waals surface area contributed by atoms with E-state index in [0.29, 0.717) is 5.89 Å². The molecule has 0 aliphatic rings. The molecule has 0 saturated heterocycles. The minimum absolute atomic E-state index is 0.0282. The van der Waals surface area contributed by atoms with Gasteiger partial charge in [-0.1, -0.05) is 48.5 Å². The first-order valence-electron chi connectivity index (χ1n) is 8.29. The smallest absolute Gasteiger partial charge is 0.326 e. The number of para-hydroxylation sites is 1. The predicted octanol–water partition coefficient (Wildman–Crippen LogP) is 3.74. The Bertz CT molecular complexity index is 1050. The number of hydrogen-bond acceptors (Lipinski definition) is 5. The molecule has 0 amide bonds. The average Bonchev–Trinajstić information content (AvgIpc) is 3.25. The normalized spacial score (nSPS) is 11.0. The molecule has 26 heavy (non-hydrogen) atoms. The lowest BCUT2D eigenvalue weighted by atomic mass is 10.1. The van der Waals surface area contributed by atoms with Crippen LogP contribution in [0.4, 0.5) is 0 Å². The third-order valence-electron chi connectivity index (χ3n) is 4.09. The summed E-state index contributed by atoms with van der Waals surface area (Å²) >= 11 is 0. The zero-order valence-corrected chi connectivity index (χ0v) is 14.3. The largest absolute Gasteiger partial charge is 0.454 e. The highest BCUT2D eigenvalue weighted by Gasteiger charge is 2.15. The van der Waals surface area contributed by atoms with Crippen molar-refractivity contribution in [3.05, 3.63) is 72.4 Å². The quantitative estimate of drug-likeness (QED) is 0.514. The lowest BCUT2D eigenvalue weighted by molar-refractivity contribution is -0.146. The van der Waals surface area contributed by atoms with Crippen LogP contribution >= 0.6 is 0 Å². The molecule has 0 aliphatic heterocycles. The van der Waals surface area contributed by atoms with E-state index in [-0.39, 0.29) is 25.0 Å². The Morgan fingerprint density at radius 2 is 1.85 bits per heavy atom. The summed E-state index contributed by atoms with van der Waals surface area (Å²) in [6, 6.07) is 20.0. The van der Waals surface area contributed by atoms with Crippen molar-refractivity contribution in [3.8, 4) is 11.3 Å². The van der Waals surface area contributed by atoms with Gasteiger partial charge in [0.25, 0.3) is 5.89 Å². The Hall–Kier alpha value is -3.41. The zero-order valence-electron chi connectivity index (χ0n) is 14.3. The summed E-state index contributed by atoms with van der Waals surface area (Å²) in [6.07, 6.45) is 0. The number of benzene rings is 2. The molecule has 0 spiro atoms. The first-order chi connectivity index (χ1) is 12.7. The zero-order chi connectivity index (χ0) is 17.9. The standard InChI is InChI=1S/C20H17N3O3/c1-14-21-22-19(26-14)13-25-20(24)12-23-17-10-6-5-9-16(17)11-18(23)15-7-3-2-4-8-15/h2-11H,12-13H2,1H3. The van der Waals surface area contributed by atoms with Crippen LogP contribution in [0.1, 0.15) is 11.8 Å². The Morgan fingerprint density at radius 3 is 2.62 bits per heavy atom. The van der Waals surface area contributed by atoms with Gasteiger partial charge in [0.15, 0.2) is 6.61 Å². The van der Waals surface area contributed by atoms with Crippen LogP contribution in [0, 0.1) is 6.92 Å². The minimum atomic E-state index is -0.362. The average molecular weight is 347 g/mol. The van der Waals surface area contributed by atoms with Gasteiger partial charge in [-0.2, -0.15) is 0 Å². The van der Waals surface area contributed by atoms with Crippen molar-refractivity contribution in [2.75, 3.05) is 0 Å². The molecule has 0 bridgehead atoms. The van der Waals surface area contributed by atoms with E-state index in [0.717, 1.165) is 22.2 Å². The highest BCUT2D eigenvalue weighted by atomic mass is 16.5. The van der Waals surface area contributed by atoms with Crippen molar-refractivity contribution in [2.24, 2.45) is 0 Å². The van der Waals surface area contributed by atoms with Crippen molar-refractivity contribution in [2.45, 2.75) is 20.1 Å². The van der Waals surface area contributed by atoms with Crippen LogP contribution in [-0.2, 0) is 22.7 Å². The van der Waals surface area contributed by atoms with Gasteiger partial charge >= 0.3 is 5.97 Å². The van der Waals surface area contributed by atoms with E-state index < -0.39 is 0 Å².